The molecule has 7 heteroatoms. The number of Topliss-reactive ketones (excluding diaryl/α,β-unsaturated/α-hetero) is 1. The summed E-state index contributed by atoms with van der Waals surface area (Å²) in [7, 11) is 1.42. The largest absolute Gasteiger partial charge is 0.493 e. The van der Waals surface area contributed by atoms with Crippen molar-refractivity contribution in [2.75, 3.05) is 25.2 Å². The van der Waals surface area contributed by atoms with Crippen LogP contribution in [-0.2, 0) is 4.79 Å². The van der Waals surface area contributed by atoms with Gasteiger partial charge in [0, 0.05) is 12.1 Å². The monoisotopic (exact) mass is 370 g/mol. The Morgan fingerprint density at radius 1 is 1.19 bits per heavy atom. The van der Waals surface area contributed by atoms with Gasteiger partial charge in [0.25, 0.3) is 5.91 Å². The zero-order valence-corrected chi connectivity index (χ0v) is 15.1. The number of hydrogen-bond donors (Lipinski definition) is 0. The van der Waals surface area contributed by atoms with Crippen LogP contribution in [0.15, 0.2) is 42.5 Å². The topological polar surface area (TPSA) is 79.6 Å². The Hall–Kier alpha value is -3.40. The van der Waals surface area contributed by atoms with Gasteiger partial charge >= 0.3 is 0 Å². The number of ether oxygens (including phenoxy) is 2. The molecule has 6 nitrogen and oxygen atoms in total. The maximum absolute atomic E-state index is 14.1. The average molecular weight is 370 g/mol. The summed E-state index contributed by atoms with van der Waals surface area (Å²) < 4.78 is 24.8. The fourth-order valence-electron chi connectivity index (χ4n) is 2.44. The maximum atomic E-state index is 14.1. The Balaban J connectivity index is 2.17. The number of amides is 1. The molecule has 0 aliphatic rings. The van der Waals surface area contributed by atoms with Crippen LogP contribution in [0.1, 0.15) is 23.7 Å². The van der Waals surface area contributed by atoms with E-state index in [4.69, 9.17) is 14.7 Å². The smallest absolute Gasteiger partial charge is 0.265 e. The lowest BCUT2D eigenvalue weighted by molar-refractivity contribution is -0.120. The van der Waals surface area contributed by atoms with Gasteiger partial charge in [-0.1, -0.05) is 12.1 Å². The molecule has 0 bridgehead atoms. The first-order valence-corrected chi connectivity index (χ1v) is 8.21. The molecule has 0 aliphatic heterocycles. The molecule has 140 valence electrons. The molecule has 27 heavy (non-hydrogen) atoms. The van der Waals surface area contributed by atoms with E-state index in [2.05, 4.69) is 0 Å². The van der Waals surface area contributed by atoms with E-state index in [0.29, 0.717) is 11.3 Å². The highest BCUT2D eigenvalue weighted by Crippen LogP contribution is 2.28. The summed E-state index contributed by atoms with van der Waals surface area (Å²) in [5.41, 5.74) is 0.535. The third-order valence-corrected chi connectivity index (χ3v) is 3.81. The second kappa shape index (κ2) is 9.34. The second-order valence-electron chi connectivity index (χ2n) is 5.62. The number of carbonyl (C=O) groups excluding carboxylic acids is 2. The first-order valence-electron chi connectivity index (χ1n) is 8.21. The molecule has 2 aromatic rings. The molecule has 0 spiro atoms. The van der Waals surface area contributed by atoms with Gasteiger partial charge in [0.1, 0.15) is 5.82 Å². The van der Waals surface area contributed by atoms with E-state index in [1.54, 1.807) is 12.1 Å². The van der Waals surface area contributed by atoms with Crippen LogP contribution in [0.3, 0.4) is 0 Å². The van der Waals surface area contributed by atoms with Crippen molar-refractivity contribution in [3.05, 3.63) is 53.8 Å². The van der Waals surface area contributed by atoms with Crippen LogP contribution < -0.4 is 14.4 Å². The molecule has 0 heterocycles. The Bertz CT molecular complexity index is 877. The Kier molecular flexibility index (Phi) is 6.89. The van der Waals surface area contributed by atoms with E-state index in [-0.39, 0.29) is 36.8 Å². The SMILES string of the molecule is COc1cc(C(C)=O)ccc1OCC(=O)N(CCC#N)c1ccccc1F. The molecule has 0 saturated heterocycles. The van der Waals surface area contributed by atoms with Gasteiger partial charge in [-0.3, -0.25) is 9.59 Å². The predicted molar refractivity (Wildman–Crippen MR) is 97.5 cm³/mol. The van der Waals surface area contributed by atoms with Gasteiger partial charge in [-0.25, -0.2) is 4.39 Å². The minimum Gasteiger partial charge on any atom is -0.493 e. The van der Waals surface area contributed by atoms with E-state index in [1.165, 1.54) is 49.3 Å². The maximum Gasteiger partial charge on any atom is 0.265 e. The van der Waals surface area contributed by atoms with Crippen molar-refractivity contribution < 1.29 is 23.5 Å². The number of nitrogens with zero attached hydrogens (tertiary/aromatic N) is 2. The number of anilines is 1. The van der Waals surface area contributed by atoms with Crippen LogP contribution in [0.4, 0.5) is 10.1 Å². The zero-order chi connectivity index (χ0) is 19.8. The lowest BCUT2D eigenvalue weighted by Crippen LogP contribution is -2.36. The summed E-state index contributed by atoms with van der Waals surface area (Å²) in [6, 6.07) is 12.4. The zero-order valence-electron chi connectivity index (χ0n) is 15.1. The van der Waals surface area contributed by atoms with Crippen LogP contribution in [-0.4, -0.2) is 32.0 Å². The molecule has 0 fully saturated rings. The number of nitriles is 1. The van der Waals surface area contributed by atoms with Crippen molar-refractivity contribution in [2.24, 2.45) is 0 Å². The van der Waals surface area contributed by atoms with E-state index < -0.39 is 11.7 Å². The van der Waals surface area contributed by atoms with E-state index in [9.17, 15) is 14.0 Å². The van der Waals surface area contributed by atoms with E-state index in [0.717, 1.165) is 0 Å². The highest BCUT2D eigenvalue weighted by Gasteiger charge is 2.20. The molecule has 0 atom stereocenters. The molecule has 2 aromatic carbocycles. The van der Waals surface area contributed by atoms with Crippen molar-refractivity contribution >= 4 is 17.4 Å². The van der Waals surface area contributed by atoms with Crippen LogP contribution >= 0.6 is 0 Å². The fraction of sp³-hybridized carbons (Fsp3) is 0.250. The number of rotatable bonds is 8. The van der Waals surface area contributed by atoms with Gasteiger partial charge in [0.05, 0.1) is 25.3 Å². The molecule has 0 radical (unpaired) electrons. The average Bonchev–Trinajstić information content (AvgIpc) is 2.67. The number of carbonyl (C=O) groups is 2. The summed E-state index contributed by atoms with van der Waals surface area (Å²) >= 11 is 0. The van der Waals surface area contributed by atoms with E-state index >= 15 is 0 Å². The molecular weight excluding hydrogens is 351 g/mol. The molecule has 0 unspecified atom stereocenters. The highest BCUT2D eigenvalue weighted by molar-refractivity contribution is 5.95. The second-order valence-corrected chi connectivity index (χ2v) is 5.62. The molecule has 0 saturated carbocycles. The first kappa shape index (κ1) is 19.9. The normalized spacial score (nSPS) is 10.0. The lowest BCUT2D eigenvalue weighted by atomic mass is 10.1. The number of benzene rings is 2. The van der Waals surface area contributed by atoms with Crippen LogP contribution in [0.2, 0.25) is 0 Å². The standard InChI is InChI=1S/C20H19FN2O4/c1-14(24)15-8-9-18(19(12-15)26-2)27-13-20(25)23(11-5-10-22)17-7-4-3-6-16(17)21/h3-4,6-9,12H,5,11,13H2,1-2H3. The summed E-state index contributed by atoms with van der Waals surface area (Å²) in [5, 5.41) is 8.80. The van der Waals surface area contributed by atoms with Crippen molar-refractivity contribution in [1.29, 1.82) is 5.26 Å². The Labute approximate surface area is 156 Å². The predicted octanol–water partition coefficient (Wildman–Crippen LogP) is 3.36. The van der Waals surface area contributed by atoms with Crippen molar-refractivity contribution in [1.82, 2.24) is 0 Å². The van der Waals surface area contributed by atoms with Gasteiger partial charge in [-0.2, -0.15) is 5.26 Å². The molecule has 0 N–H and O–H groups in total. The molecular formula is C20H19FN2O4. The van der Waals surface area contributed by atoms with Crippen LogP contribution in [0, 0.1) is 17.1 Å². The summed E-state index contributed by atoms with van der Waals surface area (Å²) in [5.74, 6) is -0.604. The molecule has 0 aliphatic carbocycles. The van der Waals surface area contributed by atoms with Crippen LogP contribution in [0.25, 0.3) is 0 Å². The third-order valence-electron chi connectivity index (χ3n) is 3.81. The van der Waals surface area contributed by atoms with Crippen molar-refractivity contribution in [3.8, 4) is 17.6 Å². The first-order chi connectivity index (χ1) is 13.0. The number of halogens is 1. The van der Waals surface area contributed by atoms with Crippen molar-refractivity contribution in [3.63, 3.8) is 0 Å². The van der Waals surface area contributed by atoms with Gasteiger partial charge in [0.15, 0.2) is 23.9 Å². The number of para-hydroxylation sites is 1. The Morgan fingerprint density at radius 2 is 1.93 bits per heavy atom. The fourth-order valence-corrected chi connectivity index (χ4v) is 2.44. The summed E-state index contributed by atoms with van der Waals surface area (Å²) in [4.78, 5) is 25.2. The minimum absolute atomic E-state index is 0.0417. The number of ketones is 1. The van der Waals surface area contributed by atoms with E-state index in [1.807, 2.05) is 6.07 Å². The van der Waals surface area contributed by atoms with Gasteiger partial charge < -0.3 is 14.4 Å². The van der Waals surface area contributed by atoms with Crippen LogP contribution in [0.5, 0.6) is 11.5 Å². The summed E-state index contributed by atoms with van der Waals surface area (Å²) in [6.07, 6.45) is 0.0523. The van der Waals surface area contributed by atoms with Gasteiger partial charge in [0.2, 0.25) is 0 Å². The highest BCUT2D eigenvalue weighted by atomic mass is 19.1. The van der Waals surface area contributed by atoms with Crippen molar-refractivity contribution in [2.45, 2.75) is 13.3 Å². The molecule has 2 rings (SSSR count). The Morgan fingerprint density at radius 3 is 2.56 bits per heavy atom. The molecule has 0 aromatic heterocycles. The van der Waals surface area contributed by atoms with Gasteiger partial charge in [-0.15, -0.1) is 0 Å². The third kappa shape index (κ3) is 5.05. The molecule has 1 amide bonds. The number of hydrogen-bond acceptors (Lipinski definition) is 5. The lowest BCUT2D eigenvalue weighted by Gasteiger charge is -2.22. The van der Waals surface area contributed by atoms with Gasteiger partial charge in [-0.05, 0) is 37.3 Å². The number of methoxy groups -OCH3 is 1. The summed E-state index contributed by atoms with van der Waals surface area (Å²) in [6.45, 7) is 1.09. The quantitative estimate of drug-likeness (QED) is 0.666. The minimum atomic E-state index is -0.563.